The Labute approximate surface area is 120 Å². The molecule has 0 amide bonds. The molecule has 5 nitrogen and oxygen atoms in total. The first-order valence-corrected chi connectivity index (χ1v) is 8.49. The van der Waals surface area contributed by atoms with Crippen LogP contribution in [0, 0.1) is 0 Å². The molecular formula is C14H22N2O3S. The summed E-state index contributed by atoms with van der Waals surface area (Å²) in [5.41, 5.74) is 1.05. The topological polar surface area (TPSA) is 81.4 Å². The number of sulfonamides is 1. The van der Waals surface area contributed by atoms with Gasteiger partial charge in [0.05, 0.1) is 11.0 Å². The maximum atomic E-state index is 11.2. The first kappa shape index (κ1) is 15.4. The van der Waals surface area contributed by atoms with Crippen LogP contribution < -0.4 is 10.5 Å². The molecule has 0 spiro atoms. The maximum absolute atomic E-state index is 11.2. The van der Waals surface area contributed by atoms with Gasteiger partial charge in [0, 0.05) is 12.6 Å². The molecule has 6 heteroatoms. The Morgan fingerprint density at radius 3 is 2.65 bits per heavy atom. The van der Waals surface area contributed by atoms with E-state index in [0.29, 0.717) is 6.10 Å². The van der Waals surface area contributed by atoms with Crippen LogP contribution in [0.25, 0.3) is 0 Å². The lowest BCUT2D eigenvalue weighted by Gasteiger charge is -2.16. The molecule has 0 aliphatic carbocycles. The van der Waals surface area contributed by atoms with Crippen molar-refractivity contribution in [2.45, 2.75) is 43.2 Å². The van der Waals surface area contributed by atoms with Crippen molar-refractivity contribution in [3.63, 3.8) is 0 Å². The van der Waals surface area contributed by atoms with Crippen LogP contribution in [-0.2, 0) is 14.8 Å². The highest BCUT2D eigenvalue weighted by atomic mass is 32.2. The second-order valence-corrected chi connectivity index (χ2v) is 6.77. The summed E-state index contributed by atoms with van der Waals surface area (Å²) in [5, 5.41) is 8.50. The summed E-state index contributed by atoms with van der Waals surface area (Å²) in [7, 11) is -3.61. The minimum atomic E-state index is -3.61. The molecule has 1 aliphatic heterocycles. The Kier molecular flexibility index (Phi) is 5.15. The molecule has 2 rings (SSSR count). The van der Waals surface area contributed by atoms with Crippen molar-refractivity contribution in [3.05, 3.63) is 29.8 Å². The lowest BCUT2D eigenvalue weighted by Crippen LogP contribution is -2.23. The van der Waals surface area contributed by atoms with E-state index in [0.717, 1.165) is 38.0 Å². The van der Waals surface area contributed by atoms with Gasteiger partial charge in [-0.3, -0.25) is 0 Å². The van der Waals surface area contributed by atoms with Crippen molar-refractivity contribution < 1.29 is 13.2 Å². The van der Waals surface area contributed by atoms with Gasteiger partial charge in [-0.1, -0.05) is 12.1 Å². The van der Waals surface area contributed by atoms with Crippen LogP contribution >= 0.6 is 0 Å². The van der Waals surface area contributed by atoms with Gasteiger partial charge in [-0.15, -0.1) is 0 Å². The first-order valence-electron chi connectivity index (χ1n) is 6.94. The Morgan fingerprint density at radius 2 is 2.10 bits per heavy atom. The molecule has 0 radical (unpaired) electrons. The van der Waals surface area contributed by atoms with Crippen molar-refractivity contribution in [3.8, 4) is 0 Å². The highest BCUT2D eigenvalue weighted by molar-refractivity contribution is 7.89. The zero-order chi connectivity index (χ0) is 14.6. The number of nitrogens with two attached hydrogens (primary N) is 1. The minimum Gasteiger partial charge on any atom is -0.378 e. The maximum Gasteiger partial charge on any atom is 0.238 e. The van der Waals surface area contributed by atoms with Gasteiger partial charge in [-0.2, -0.15) is 0 Å². The molecule has 1 aromatic carbocycles. The quantitative estimate of drug-likeness (QED) is 0.835. The summed E-state index contributed by atoms with van der Waals surface area (Å²) in [4.78, 5) is 0.146. The zero-order valence-corrected chi connectivity index (χ0v) is 12.5. The van der Waals surface area contributed by atoms with Crippen molar-refractivity contribution in [1.29, 1.82) is 0 Å². The Morgan fingerprint density at radius 1 is 1.40 bits per heavy atom. The van der Waals surface area contributed by atoms with Gasteiger partial charge in [-0.05, 0) is 50.4 Å². The molecule has 0 saturated carbocycles. The fourth-order valence-corrected chi connectivity index (χ4v) is 2.91. The molecule has 1 heterocycles. The Hall–Kier alpha value is -0.950. The molecule has 2 atom stereocenters. The SMILES string of the molecule is CC(NCCC1CCCO1)c1ccc(S(N)(=O)=O)cc1. The third-order valence-electron chi connectivity index (χ3n) is 3.65. The van der Waals surface area contributed by atoms with E-state index >= 15 is 0 Å². The molecule has 1 fully saturated rings. The minimum absolute atomic E-state index is 0.146. The molecular weight excluding hydrogens is 276 g/mol. The fraction of sp³-hybridized carbons (Fsp3) is 0.571. The van der Waals surface area contributed by atoms with Crippen LogP contribution in [0.5, 0.6) is 0 Å². The number of hydrogen-bond acceptors (Lipinski definition) is 4. The third-order valence-corrected chi connectivity index (χ3v) is 4.58. The molecule has 1 aliphatic rings. The van der Waals surface area contributed by atoms with Crippen molar-refractivity contribution >= 4 is 10.0 Å². The zero-order valence-electron chi connectivity index (χ0n) is 11.7. The van der Waals surface area contributed by atoms with E-state index < -0.39 is 10.0 Å². The van der Waals surface area contributed by atoms with Crippen molar-refractivity contribution in [2.24, 2.45) is 5.14 Å². The second kappa shape index (κ2) is 6.67. The van der Waals surface area contributed by atoms with Gasteiger partial charge in [0.15, 0.2) is 0 Å². The highest BCUT2D eigenvalue weighted by Crippen LogP contribution is 2.17. The van der Waals surface area contributed by atoms with E-state index in [1.165, 1.54) is 0 Å². The normalized spacial score (nSPS) is 21.0. The van der Waals surface area contributed by atoms with Crippen LogP contribution in [0.15, 0.2) is 29.2 Å². The smallest absolute Gasteiger partial charge is 0.238 e. The summed E-state index contributed by atoms with van der Waals surface area (Å²) in [5.74, 6) is 0. The van der Waals surface area contributed by atoms with E-state index in [-0.39, 0.29) is 10.9 Å². The Balaban J connectivity index is 1.84. The number of benzene rings is 1. The average Bonchev–Trinajstić information content (AvgIpc) is 2.91. The standard InChI is InChI=1S/C14H22N2O3S/c1-11(16-9-8-13-3-2-10-19-13)12-4-6-14(7-5-12)20(15,17)18/h4-7,11,13,16H,2-3,8-10H2,1H3,(H2,15,17,18). The summed E-state index contributed by atoms with van der Waals surface area (Å²) < 4.78 is 27.9. The molecule has 2 unspecified atom stereocenters. The van der Waals surface area contributed by atoms with Crippen LogP contribution in [0.4, 0.5) is 0 Å². The molecule has 20 heavy (non-hydrogen) atoms. The molecule has 0 bridgehead atoms. The van der Waals surface area contributed by atoms with Gasteiger partial charge in [-0.25, -0.2) is 13.6 Å². The number of hydrogen-bond donors (Lipinski definition) is 2. The highest BCUT2D eigenvalue weighted by Gasteiger charge is 2.15. The average molecular weight is 298 g/mol. The van der Waals surface area contributed by atoms with Gasteiger partial charge >= 0.3 is 0 Å². The van der Waals surface area contributed by atoms with E-state index in [9.17, 15) is 8.42 Å². The van der Waals surface area contributed by atoms with E-state index in [1.54, 1.807) is 24.3 Å². The summed E-state index contributed by atoms with van der Waals surface area (Å²) in [6.07, 6.45) is 3.72. The van der Waals surface area contributed by atoms with E-state index in [1.807, 2.05) is 0 Å². The number of nitrogens with one attached hydrogen (secondary N) is 1. The number of primary sulfonamides is 1. The molecule has 112 valence electrons. The van der Waals surface area contributed by atoms with Gasteiger partial charge in [0.2, 0.25) is 10.0 Å². The summed E-state index contributed by atoms with van der Waals surface area (Å²) in [6, 6.07) is 6.85. The summed E-state index contributed by atoms with van der Waals surface area (Å²) >= 11 is 0. The Bertz CT molecular complexity index is 522. The van der Waals surface area contributed by atoms with Crippen LogP contribution in [0.1, 0.15) is 37.8 Å². The van der Waals surface area contributed by atoms with Gasteiger partial charge in [0.1, 0.15) is 0 Å². The van der Waals surface area contributed by atoms with Gasteiger partial charge < -0.3 is 10.1 Å². The largest absolute Gasteiger partial charge is 0.378 e. The molecule has 1 saturated heterocycles. The van der Waals surface area contributed by atoms with Crippen LogP contribution in [0.2, 0.25) is 0 Å². The third kappa shape index (κ3) is 4.28. The predicted octanol–water partition coefficient (Wildman–Crippen LogP) is 1.55. The lowest BCUT2D eigenvalue weighted by molar-refractivity contribution is 0.103. The van der Waals surface area contributed by atoms with E-state index in [4.69, 9.17) is 9.88 Å². The van der Waals surface area contributed by atoms with Crippen molar-refractivity contribution in [1.82, 2.24) is 5.32 Å². The van der Waals surface area contributed by atoms with E-state index in [2.05, 4.69) is 12.2 Å². The summed E-state index contributed by atoms with van der Waals surface area (Å²) in [6.45, 7) is 3.83. The number of rotatable bonds is 6. The molecule has 1 aromatic rings. The first-order chi connectivity index (χ1) is 9.47. The molecule has 3 N–H and O–H groups in total. The van der Waals surface area contributed by atoms with Crippen molar-refractivity contribution in [2.75, 3.05) is 13.2 Å². The molecule has 0 aromatic heterocycles. The fourth-order valence-electron chi connectivity index (χ4n) is 2.40. The van der Waals surface area contributed by atoms with Gasteiger partial charge in [0.25, 0.3) is 0 Å². The predicted molar refractivity (Wildman–Crippen MR) is 77.8 cm³/mol. The monoisotopic (exact) mass is 298 g/mol. The number of ether oxygens (including phenoxy) is 1. The lowest BCUT2D eigenvalue weighted by atomic mass is 10.1. The second-order valence-electron chi connectivity index (χ2n) is 5.21. The van der Waals surface area contributed by atoms with Crippen LogP contribution in [0.3, 0.4) is 0 Å². The van der Waals surface area contributed by atoms with Crippen LogP contribution in [-0.4, -0.2) is 27.7 Å².